The third-order valence-electron chi connectivity index (χ3n) is 3.97. The molecule has 0 amide bonds. The SMILES string of the molecule is O=C1OC(=O)[C@]23C=CC=C[C@@]12CCCC3. The fraction of sp³-hybridized carbons (Fsp3) is 0.500. The zero-order valence-corrected chi connectivity index (χ0v) is 8.36. The average Bonchev–Trinajstić information content (AvgIpc) is 2.50. The van der Waals surface area contributed by atoms with E-state index >= 15 is 0 Å². The van der Waals surface area contributed by atoms with E-state index < -0.39 is 10.8 Å². The minimum absolute atomic E-state index is 0.354. The Morgan fingerprint density at radius 2 is 1.40 bits per heavy atom. The van der Waals surface area contributed by atoms with Gasteiger partial charge >= 0.3 is 11.9 Å². The highest BCUT2D eigenvalue weighted by Crippen LogP contribution is 2.59. The van der Waals surface area contributed by atoms with Crippen LogP contribution in [0.3, 0.4) is 0 Å². The predicted molar refractivity (Wildman–Crippen MR) is 52.7 cm³/mol. The van der Waals surface area contributed by atoms with Crippen LogP contribution in [0.4, 0.5) is 0 Å². The van der Waals surface area contributed by atoms with Gasteiger partial charge in [-0.3, -0.25) is 9.59 Å². The number of allylic oxidation sites excluding steroid dienone is 2. The molecule has 3 aliphatic rings. The van der Waals surface area contributed by atoms with Crippen LogP contribution in [-0.4, -0.2) is 11.9 Å². The molecule has 0 unspecified atom stereocenters. The average molecular weight is 204 g/mol. The van der Waals surface area contributed by atoms with Crippen LogP contribution >= 0.6 is 0 Å². The summed E-state index contributed by atoms with van der Waals surface area (Å²) < 4.78 is 4.86. The molecule has 0 radical (unpaired) electrons. The number of hydrogen-bond acceptors (Lipinski definition) is 3. The second kappa shape index (κ2) is 2.60. The molecule has 2 atom stereocenters. The van der Waals surface area contributed by atoms with Crippen molar-refractivity contribution in [3.8, 4) is 0 Å². The van der Waals surface area contributed by atoms with Crippen molar-refractivity contribution >= 4 is 11.9 Å². The highest BCUT2D eigenvalue weighted by molar-refractivity contribution is 6.04. The number of carbonyl (C=O) groups is 2. The summed E-state index contributed by atoms with van der Waals surface area (Å²) in [5.41, 5.74) is -1.37. The number of ether oxygens (including phenoxy) is 1. The van der Waals surface area contributed by atoms with Crippen LogP contribution in [-0.2, 0) is 14.3 Å². The maximum atomic E-state index is 11.8. The van der Waals surface area contributed by atoms with Gasteiger partial charge in [0.25, 0.3) is 0 Å². The number of carbonyl (C=O) groups excluding carboxylic acids is 2. The third kappa shape index (κ3) is 0.822. The van der Waals surface area contributed by atoms with Crippen molar-refractivity contribution in [3.05, 3.63) is 24.3 Å². The maximum absolute atomic E-state index is 11.8. The largest absolute Gasteiger partial charge is 0.392 e. The van der Waals surface area contributed by atoms with Crippen molar-refractivity contribution in [2.75, 3.05) is 0 Å². The van der Waals surface area contributed by atoms with E-state index in [1.807, 2.05) is 24.3 Å². The molecule has 0 aromatic heterocycles. The molecule has 0 bridgehead atoms. The summed E-state index contributed by atoms with van der Waals surface area (Å²) in [6.45, 7) is 0. The Bertz CT molecular complexity index is 369. The van der Waals surface area contributed by atoms with E-state index in [4.69, 9.17) is 4.74 Å². The molecule has 3 nitrogen and oxygen atoms in total. The van der Waals surface area contributed by atoms with Gasteiger partial charge in [-0.05, 0) is 12.8 Å². The molecule has 0 N–H and O–H groups in total. The minimum Gasteiger partial charge on any atom is -0.392 e. The number of hydrogen-bond donors (Lipinski definition) is 0. The van der Waals surface area contributed by atoms with Gasteiger partial charge in [0, 0.05) is 0 Å². The van der Waals surface area contributed by atoms with E-state index in [9.17, 15) is 9.59 Å². The van der Waals surface area contributed by atoms with Gasteiger partial charge in [0.05, 0.1) is 0 Å². The summed E-state index contributed by atoms with van der Waals surface area (Å²) in [7, 11) is 0. The molecule has 0 spiro atoms. The fourth-order valence-electron chi connectivity index (χ4n) is 3.13. The molecule has 2 fully saturated rings. The zero-order chi connectivity index (χ0) is 10.5. The maximum Gasteiger partial charge on any atom is 0.325 e. The summed E-state index contributed by atoms with van der Waals surface area (Å²) in [5, 5.41) is 0. The van der Waals surface area contributed by atoms with E-state index in [0.29, 0.717) is 0 Å². The van der Waals surface area contributed by atoms with Gasteiger partial charge in [-0.2, -0.15) is 0 Å². The Balaban J connectivity index is 2.23. The van der Waals surface area contributed by atoms with E-state index in [1.165, 1.54) is 0 Å². The molecule has 3 heteroatoms. The van der Waals surface area contributed by atoms with Gasteiger partial charge in [0.15, 0.2) is 0 Å². The molecule has 0 aromatic carbocycles. The van der Waals surface area contributed by atoms with Gasteiger partial charge in [0.1, 0.15) is 10.8 Å². The first kappa shape index (κ1) is 8.89. The van der Waals surface area contributed by atoms with E-state index in [-0.39, 0.29) is 11.9 Å². The molecule has 2 aliphatic carbocycles. The lowest BCUT2D eigenvalue weighted by Crippen LogP contribution is -2.45. The quantitative estimate of drug-likeness (QED) is 0.446. The van der Waals surface area contributed by atoms with Crippen molar-refractivity contribution in [2.45, 2.75) is 25.7 Å². The Hall–Kier alpha value is -1.38. The summed E-state index contributed by atoms with van der Waals surface area (Å²) in [5.74, 6) is -0.708. The highest BCUT2D eigenvalue weighted by Gasteiger charge is 2.66. The van der Waals surface area contributed by atoms with E-state index in [2.05, 4.69) is 0 Å². The summed E-state index contributed by atoms with van der Waals surface area (Å²) >= 11 is 0. The monoisotopic (exact) mass is 204 g/mol. The molecule has 1 saturated heterocycles. The molecule has 15 heavy (non-hydrogen) atoms. The number of rotatable bonds is 0. The van der Waals surface area contributed by atoms with Crippen LogP contribution in [0.2, 0.25) is 0 Å². The van der Waals surface area contributed by atoms with Crippen LogP contribution in [0.5, 0.6) is 0 Å². The first-order chi connectivity index (χ1) is 7.21. The topological polar surface area (TPSA) is 43.4 Å². The Morgan fingerprint density at radius 3 is 1.87 bits per heavy atom. The Kier molecular flexibility index (Phi) is 1.54. The van der Waals surface area contributed by atoms with Crippen molar-refractivity contribution < 1.29 is 14.3 Å². The molecule has 0 aromatic rings. The van der Waals surface area contributed by atoms with Crippen LogP contribution < -0.4 is 0 Å². The van der Waals surface area contributed by atoms with Crippen molar-refractivity contribution in [3.63, 3.8) is 0 Å². The smallest absolute Gasteiger partial charge is 0.325 e. The molecule has 1 heterocycles. The first-order valence-electron chi connectivity index (χ1n) is 5.35. The molecule has 1 aliphatic heterocycles. The molecule has 3 rings (SSSR count). The summed E-state index contributed by atoms with van der Waals surface area (Å²) in [4.78, 5) is 23.7. The van der Waals surface area contributed by atoms with Gasteiger partial charge < -0.3 is 4.74 Å². The van der Waals surface area contributed by atoms with Crippen molar-refractivity contribution in [1.29, 1.82) is 0 Å². The van der Waals surface area contributed by atoms with Crippen molar-refractivity contribution in [1.82, 2.24) is 0 Å². The van der Waals surface area contributed by atoms with Crippen molar-refractivity contribution in [2.24, 2.45) is 10.8 Å². The second-order valence-corrected chi connectivity index (χ2v) is 4.55. The fourth-order valence-corrected chi connectivity index (χ4v) is 3.13. The van der Waals surface area contributed by atoms with Crippen LogP contribution in [0, 0.1) is 10.8 Å². The van der Waals surface area contributed by atoms with Gasteiger partial charge in [-0.15, -0.1) is 0 Å². The van der Waals surface area contributed by atoms with Crippen LogP contribution in [0.25, 0.3) is 0 Å². The first-order valence-corrected chi connectivity index (χ1v) is 5.35. The predicted octanol–water partition coefficient (Wildman–Crippen LogP) is 1.74. The lowest BCUT2D eigenvalue weighted by Gasteiger charge is -2.41. The summed E-state index contributed by atoms with van der Waals surface area (Å²) in [6.07, 6.45) is 10.9. The molecule has 1 saturated carbocycles. The Morgan fingerprint density at radius 1 is 0.933 bits per heavy atom. The van der Waals surface area contributed by atoms with Crippen LogP contribution in [0.15, 0.2) is 24.3 Å². The molecule has 78 valence electrons. The summed E-state index contributed by atoms with van der Waals surface area (Å²) in [6, 6.07) is 0. The number of cyclic esters (lactones) is 2. The van der Waals surface area contributed by atoms with E-state index in [1.54, 1.807) is 0 Å². The third-order valence-corrected chi connectivity index (χ3v) is 3.97. The zero-order valence-electron chi connectivity index (χ0n) is 8.36. The lowest BCUT2D eigenvalue weighted by atomic mass is 9.55. The van der Waals surface area contributed by atoms with Gasteiger partial charge in [-0.1, -0.05) is 37.1 Å². The standard InChI is InChI=1S/C12H12O3/c13-9-11-5-1-2-6-12(11,10(14)15-9)8-4-3-7-11/h1-2,5-6H,3-4,7-8H2/t11-,12-/m1/s1. The van der Waals surface area contributed by atoms with E-state index in [0.717, 1.165) is 25.7 Å². The molecular weight excluding hydrogens is 192 g/mol. The van der Waals surface area contributed by atoms with Crippen LogP contribution in [0.1, 0.15) is 25.7 Å². The molecular formula is C12H12O3. The normalized spacial score (nSPS) is 42.4. The van der Waals surface area contributed by atoms with Gasteiger partial charge in [-0.25, -0.2) is 0 Å². The lowest BCUT2D eigenvalue weighted by molar-refractivity contribution is -0.155. The Labute approximate surface area is 87.8 Å². The minimum atomic E-state index is -0.683. The number of esters is 2. The second-order valence-electron chi connectivity index (χ2n) is 4.55. The highest BCUT2D eigenvalue weighted by atomic mass is 16.6. The van der Waals surface area contributed by atoms with Gasteiger partial charge in [0.2, 0.25) is 0 Å².